The zero-order valence-corrected chi connectivity index (χ0v) is 17.5. The van der Waals surface area contributed by atoms with Crippen LogP contribution < -0.4 is 18.9 Å². The van der Waals surface area contributed by atoms with Crippen LogP contribution in [-0.2, 0) is 19.4 Å². The molecule has 0 saturated carbocycles. The molecule has 0 atom stereocenters. The average Bonchev–Trinajstić information content (AvgIpc) is 3.45. The summed E-state index contributed by atoms with van der Waals surface area (Å²) < 4.78 is 27.6. The van der Waals surface area contributed by atoms with Crippen molar-refractivity contribution in [1.82, 2.24) is 4.90 Å². The Morgan fingerprint density at radius 3 is 2.58 bits per heavy atom. The fourth-order valence-electron chi connectivity index (χ4n) is 4.07. The van der Waals surface area contributed by atoms with Crippen molar-refractivity contribution in [3.8, 4) is 23.0 Å². The summed E-state index contributed by atoms with van der Waals surface area (Å²) in [5.41, 5.74) is 3.20. The Morgan fingerprint density at radius 2 is 1.81 bits per heavy atom. The third kappa shape index (κ3) is 3.67. The molecule has 2 aliphatic rings. The minimum Gasteiger partial charge on any atom is -0.497 e. The van der Waals surface area contributed by atoms with Crippen molar-refractivity contribution in [3.63, 3.8) is 0 Å². The van der Waals surface area contributed by atoms with Crippen molar-refractivity contribution in [3.05, 3.63) is 70.7 Å². The van der Waals surface area contributed by atoms with E-state index in [1.165, 1.54) is 5.56 Å². The van der Waals surface area contributed by atoms with E-state index in [4.69, 9.17) is 23.4 Å². The molecule has 160 valence electrons. The van der Waals surface area contributed by atoms with Gasteiger partial charge in [-0.3, -0.25) is 4.79 Å². The SMILES string of the molecule is COc1ccc(OC)c(Cc2ccc(C(=O)N3CCc4cc5c(cc4C3)OCO5)o2)c1. The Balaban J connectivity index is 1.32. The quantitative estimate of drug-likeness (QED) is 0.624. The van der Waals surface area contributed by atoms with Gasteiger partial charge in [-0.25, -0.2) is 0 Å². The van der Waals surface area contributed by atoms with Gasteiger partial charge in [0.1, 0.15) is 17.3 Å². The summed E-state index contributed by atoms with van der Waals surface area (Å²) in [5.74, 6) is 3.91. The van der Waals surface area contributed by atoms with Crippen LogP contribution in [0.5, 0.6) is 23.0 Å². The summed E-state index contributed by atoms with van der Waals surface area (Å²) in [7, 11) is 3.25. The first-order valence-electron chi connectivity index (χ1n) is 10.1. The first kappa shape index (κ1) is 19.4. The molecule has 0 fully saturated rings. The normalized spacial score (nSPS) is 14.3. The molecule has 0 bridgehead atoms. The lowest BCUT2D eigenvalue weighted by Crippen LogP contribution is -2.35. The molecule has 3 aromatic rings. The Hall–Kier alpha value is -3.61. The van der Waals surface area contributed by atoms with Crippen molar-refractivity contribution in [2.45, 2.75) is 19.4 Å². The molecule has 31 heavy (non-hydrogen) atoms. The van der Waals surface area contributed by atoms with E-state index >= 15 is 0 Å². The monoisotopic (exact) mass is 421 g/mol. The van der Waals surface area contributed by atoms with E-state index in [1.54, 1.807) is 25.2 Å². The zero-order valence-electron chi connectivity index (χ0n) is 17.5. The predicted molar refractivity (Wildman–Crippen MR) is 112 cm³/mol. The van der Waals surface area contributed by atoms with Gasteiger partial charge in [0, 0.05) is 25.1 Å². The first-order chi connectivity index (χ1) is 15.1. The number of furan rings is 1. The molecule has 5 rings (SSSR count). The molecule has 3 heterocycles. The smallest absolute Gasteiger partial charge is 0.289 e. The molecule has 1 amide bonds. The Kier molecular flexibility index (Phi) is 4.94. The number of amides is 1. The molecule has 0 unspecified atom stereocenters. The molecule has 2 aliphatic heterocycles. The van der Waals surface area contributed by atoms with E-state index in [-0.39, 0.29) is 12.7 Å². The lowest BCUT2D eigenvalue weighted by atomic mass is 9.98. The number of nitrogens with zero attached hydrogens (tertiary/aromatic N) is 1. The summed E-state index contributed by atoms with van der Waals surface area (Å²) >= 11 is 0. The fourth-order valence-corrected chi connectivity index (χ4v) is 4.07. The Labute approximate surface area is 180 Å². The number of hydrogen-bond acceptors (Lipinski definition) is 6. The van der Waals surface area contributed by atoms with Crippen LogP contribution in [0.2, 0.25) is 0 Å². The largest absolute Gasteiger partial charge is 0.497 e. The summed E-state index contributed by atoms with van der Waals surface area (Å²) in [6, 6.07) is 13.2. The predicted octanol–water partition coefficient (Wildman–Crippen LogP) is 3.81. The van der Waals surface area contributed by atoms with E-state index in [0.29, 0.717) is 31.0 Å². The summed E-state index contributed by atoms with van der Waals surface area (Å²) in [4.78, 5) is 14.9. The molecule has 7 heteroatoms. The Morgan fingerprint density at radius 1 is 1.00 bits per heavy atom. The van der Waals surface area contributed by atoms with Crippen LogP contribution in [0.15, 0.2) is 46.9 Å². The highest BCUT2D eigenvalue weighted by Gasteiger charge is 2.27. The number of ether oxygens (including phenoxy) is 4. The highest BCUT2D eigenvalue weighted by Crippen LogP contribution is 2.37. The maximum absolute atomic E-state index is 13.1. The van der Waals surface area contributed by atoms with Crippen molar-refractivity contribution >= 4 is 5.91 Å². The van der Waals surface area contributed by atoms with Gasteiger partial charge < -0.3 is 28.3 Å². The fraction of sp³-hybridized carbons (Fsp3) is 0.292. The van der Waals surface area contributed by atoms with Gasteiger partial charge >= 0.3 is 0 Å². The van der Waals surface area contributed by atoms with E-state index in [2.05, 4.69) is 0 Å². The number of carbonyl (C=O) groups excluding carboxylic acids is 1. The van der Waals surface area contributed by atoms with Gasteiger partial charge in [0.2, 0.25) is 6.79 Å². The van der Waals surface area contributed by atoms with Crippen LogP contribution in [0.1, 0.15) is 33.0 Å². The van der Waals surface area contributed by atoms with Gasteiger partial charge in [0.25, 0.3) is 5.91 Å². The second-order valence-electron chi connectivity index (χ2n) is 7.57. The van der Waals surface area contributed by atoms with Crippen LogP contribution in [0.4, 0.5) is 0 Å². The van der Waals surface area contributed by atoms with E-state index in [0.717, 1.165) is 40.5 Å². The minimum atomic E-state index is -0.118. The number of methoxy groups -OCH3 is 2. The molecule has 2 aromatic carbocycles. The topological polar surface area (TPSA) is 70.4 Å². The molecule has 0 N–H and O–H groups in total. The molecule has 0 aliphatic carbocycles. The molecule has 0 radical (unpaired) electrons. The maximum Gasteiger partial charge on any atom is 0.289 e. The molecule has 1 aromatic heterocycles. The van der Waals surface area contributed by atoms with Crippen LogP contribution in [0.25, 0.3) is 0 Å². The second kappa shape index (κ2) is 7.91. The number of hydrogen-bond donors (Lipinski definition) is 0. The van der Waals surface area contributed by atoms with Gasteiger partial charge in [-0.05, 0) is 60.0 Å². The number of carbonyl (C=O) groups is 1. The van der Waals surface area contributed by atoms with Crippen molar-refractivity contribution in [1.29, 1.82) is 0 Å². The lowest BCUT2D eigenvalue weighted by Gasteiger charge is -2.28. The molecular formula is C24H23NO6. The third-order valence-corrected chi connectivity index (χ3v) is 5.72. The van der Waals surface area contributed by atoms with Crippen LogP contribution in [-0.4, -0.2) is 38.4 Å². The molecule has 0 spiro atoms. The number of fused-ring (bicyclic) bond motifs is 2. The van der Waals surface area contributed by atoms with Crippen LogP contribution in [0.3, 0.4) is 0 Å². The van der Waals surface area contributed by atoms with E-state index in [1.807, 2.05) is 36.4 Å². The third-order valence-electron chi connectivity index (χ3n) is 5.72. The Bertz CT molecular complexity index is 1140. The van der Waals surface area contributed by atoms with Crippen LogP contribution >= 0.6 is 0 Å². The maximum atomic E-state index is 13.1. The molecule has 0 saturated heterocycles. The zero-order chi connectivity index (χ0) is 21.4. The van der Waals surface area contributed by atoms with E-state index in [9.17, 15) is 4.79 Å². The number of benzene rings is 2. The van der Waals surface area contributed by atoms with Gasteiger partial charge in [-0.1, -0.05) is 0 Å². The van der Waals surface area contributed by atoms with Gasteiger partial charge in [0.15, 0.2) is 17.3 Å². The van der Waals surface area contributed by atoms with E-state index < -0.39 is 0 Å². The first-order valence-corrected chi connectivity index (χ1v) is 10.1. The van der Waals surface area contributed by atoms with Gasteiger partial charge in [0.05, 0.1) is 14.2 Å². The molecule has 7 nitrogen and oxygen atoms in total. The lowest BCUT2D eigenvalue weighted by molar-refractivity contribution is 0.0700. The van der Waals surface area contributed by atoms with Crippen molar-refractivity contribution < 1.29 is 28.2 Å². The minimum absolute atomic E-state index is 0.118. The van der Waals surface area contributed by atoms with Crippen molar-refractivity contribution in [2.24, 2.45) is 0 Å². The highest BCUT2D eigenvalue weighted by molar-refractivity contribution is 5.91. The standard InChI is InChI=1S/C24H23NO6/c1-27-18-3-5-20(28-2)16(9-18)10-19-4-6-21(31-19)24(26)25-8-7-15-11-22-23(30-14-29-22)12-17(15)13-25/h3-6,9,11-12H,7-8,10,13-14H2,1-2H3. The van der Waals surface area contributed by atoms with Crippen molar-refractivity contribution in [2.75, 3.05) is 27.6 Å². The summed E-state index contributed by atoms with van der Waals surface area (Å²) in [6.45, 7) is 1.39. The second-order valence-corrected chi connectivity index (χ2v) is 7.57. The molecular weight excluding hydrogens is 398 g/mol. The summed E-state index contributed by atoms with van der Waals surface area (Å²) in [5, 5.41) is 0. The van der Waals surface area contributed by atoms with Gasteiger partial charge in [-0.2, -0.15) is 0 Å². The van der Waals surface area contributed by atoms with Gasteiger partial charge in [-0.15, -0.1) is 0 Å². The average molecular weight is 421 g/mol. The summed E-state index contributed by atoms with van der Waals surface area (Å²) in [6.07, 6.45) is 1.27. The van der Waals surface area contributed by atoms with Crippen LogP contribution in [0, 0.1) is 0 Å². The highest BCUT2D eigenvalue weighted by atomic mass is 16.7. The number of rotatable bonds is 5.